The lowest BCUT2D eigenvalue weighted by Gasteiger charge is -2.57. The molecule has 1 heterocycles. The summed E-state index contributed by atoms with van der Waals surface area (Å²) < 4.78 is 5.33. The summed E-state index contributed by atoms with van der Waals surface area (Å²) in [5.74, 6) is 0.717. The molecule has 0 amide bonds. The molecule has 1 saturated heterocycles. The van der Waals surface area contributed by atoms with Gasteiger partial charge in [0.05, 0.1) is 12.5 Å². The summed E-state index contributed by atoms with van der Waals surface area (Å²) in [6.07, 6.45) is 5.03. The maximum Gasteiger partial charge on any atom is 0.309 e. The summed E-state index contributed by atoms with van der Waals surface area (Å²) in [4.78, 5) is 12.1. The monoisotopic (exact) mass is 236 g/mol. The molecular formula is C15H24O2. The smallest absolute Gasteiger partial charge is 0.309 e. The fraction of sp³-hybridized carbons (Fsp3) is 0.933. The van der Waals surface area contributed by atoms with Gasteiger partial charge in [-0.1, -0.05) is 34.1 Å². The van der Waals surface area contributed by atoms with Crippen molar-refractivity contribution >= 4 is 5.97 Å². The number of hydrogen-bond acceptors (Lipinski definition) is 2. The molecule has 2 heteroatoms. The molecule has 3 aliphatic rings. The van der Waals surface area contributed by atoms with Crippen LogP contribution >= 0.6 is 0 Å². The average molecular weight is 236 g/mol. The molecule has 2 saturated carbocycles. The standard InChI is InChI=1S/C15H24O2/c1-13(2)6-5-7-14(3)8-10-9-17-12(16)11(10)15(13,14)4/h10-11H,5-9H2,1-4H3/t10-,11-,14+,15+/m0/s1. The Balaban J connectivity index is 2.12. The second-order valence-corrected chi connectivity index (χ2v) is 7.57. The average Bonchev–Trinajstić information content (AvgIpc) is 2.66. The molecule has 0 aromatic carbocycles. The molecule has 0 N–H and O–H groups in total. The zero-order valence-corrected chi connectivity index (χ0v) is 11.5. The maximum atomic E-state index is 12.1. The molecule has 0 bridgehead atoms. The van der Waals surface area contributed by atoms with Crippen molar-refractivity contribution in [2.75, 3.05) is 6.61 Å². The van der Waals surface area contributed by atoms with Crippen LogP contribution in [0.2, 0.25) is 0 Å². The van der Waals surface area contributed by atoms with Crippen molar-refractivity contribution in [3.63, 3.8) is 0 Å². The van der Waals surface area contributed by atoms with Gasteiger partial charge in [-0.3, -0.25) is 4.79 Å². The van der Waals surface area contributed by atoms with Gasteiger partial charge in [-0.05, 0) is 35.5 Å². The Bertz CT molecular complexity index is 373. The fourth-order valence-electron chi connectivity index (χ4n) is 5.40. The first-order valence-corrected chi connectivity index (χ1v) is 6.98. The zero-order valence-electron chi connectivity index (χ0n) is 11.5. The van der Waals surface area contributed by atoms with Gasteiger partial charge in [-0.25, -0.2) is 0 Å². The van der Waals surface area contributed by atoms with Crippen LogP contribution in [-0.4, -0.2) is 12.6 Å². The zero-order chi connectivity index (χ0) is 12.5. The van der Waals surface area contributed by atoms with Crippen LogP contribution in [0.15, 0.2) is 0 Å². The summed E-state index contributed by atoms with van der Waals surface area (Å²) in [6, 6.07) is 0. The lowest BCUT2D eigenvalue weighted by molar-refractivity contribution is -0.157. The third-order valence-corrected chi connectivity index (χ3v) is 6.69. The van der Waals surface area contributed by atoms with E-state index in [2.05, 4.69) is 27.7 Å². The Hall–Kier alpha value is -0.530. The maximum absolute atomic E-state index is 12.1. The molecule has 17 heavy (non-hydrogen) atoms. The highest BCUT2D eigenvalue weighted by Crippen LogP contribution is 2.72. The Morgan fingerprint density at radius 2 is 1.88 bits per heavy atom. The minimum Gasteiger partial charge on any atom is -0.465 e. The van der Waals surface area contributed by atoms with Gasteiger partial charge < -0.3 is 4.74 Å². The minimum absolute atomic E-state index is 0.0798. The van der Waals surface area contributed by atoms with Crippen molar-refractivity contribution in [1.29, 1.82) is 0 Å². The van der Waals surface area contributed by atoms with Gasteiger partial charge in [0, 0.05) is 5.92 Å². The molecule has 3 fully saturated rings. The van der Waals surface area contributed by atoms with E-state index >= 15 is 0 Å². The van der Waals surface area contributed by atoms with Crippen LogP contribution in [-0.2, 0) is 9.53 Å². The molecule has 0 unspecified atom stereocenters. The van der Waals surface area contributed by atoms with Crippen molar-refractivity contribution in [2.24, 2.45) is 28.1 Å². The number of rotatable bonds is 0. The molecule has 2 aliphatic carbocycles. The van der Waals surface area contributed by atoms with E-state index in [1.165, 1.54) is 25.7 Å². The van der Waals surface area contributed by atoms with Gasteiger partial charge in [-0.15, -0.1) is 0 Å². The highest BCUT2D eigenvalue weighted by molar-refractivity contribution is 5.77. The summed E-state index contributed by atoms with van der Waals surface area (Å²) in [6.45, 7) is 10.2. The lowest BCUT2D eigenvalue weighted by atomic mass is 9.46. The van der Waals surface area contributed by atoms with E-state index in [9.17, 15) is 4.79 Å². The third-order valence-electron chi connectivity index (χ3n) is 6.69. The van der Waals surface area contributed by atoms with Gasteiger partial charge in [0.2, 0.25) is 0 Å². The molecule has 0 radical (unpaired) electrons. The summed E-state index contributed by atoms with van der Waals surface area (Å²) in [5, 5.41) is 0. The highest BCUT2D eigenvalue weighted by atomic mass is 16.5. The minimum atomic E-state index is 0.0798. The Morgan fingerprint density at radius 3 is 2.59 bits per heavy atom. The quantitative estimate of drug-likeness (QED) is 0.602. The number of cyclic esters (lactones) is 1. The molecule has 0 aromatic heterocycles. The predicted molar refractivity (Wildman–Crippen MR) is 66.4 cm³/mol. The number of hydrogen-bond donors (Lipinski definition) is 0. The van der Waals surface area contributed by atoms with E-state index in [0.29, 0.717) is 17.9 Å². The van der Waals surface area contributed by atoms with E-state index in [1.807, 2.05) is 0 Å². The van der Waals surface area contributed by atoms with Crippen LogP contribution in [0.1, 0.15) is 53.4 Å². The first kappa shape index (κ1) is 11.6. The van der Waals surface area contributed by atoms with E-state index in [1.54, 1.807) is 0 Å². The first-order valence-electron chi connectivity index (χ1n) is 6.98. The van der Waals surface area contributed by atoms with E-state index in [0.717, 1.165) is 0 Å². The fourth-order valence-corrected chi connectivity index (χ4v) is 5.40. The number of esters is 1. The van der Waals surface area contributed by atoms with Crippen LogP contribution in [0.25, 0.3) is 0 Å². The summed E-state index contributed by atoms with van der Waals surface area (Å²) in [7, 11) is 0. The van der Waals surface area contributed by atoms with Gasteiger partial charge in [0.1, 0.15) is 0 Å². The lowest BCUT2D eigenvalue weighted by Crippen LogP contribution is -2.52. The largest absolute Gasteiger partial charge is 0.465 e. The molecule has 0 spiro atoms. The topological polar surface area (TPSA) is 26.3 Å². The van der Waals surface area contributed by atoms with Gasteiger partial charge in [0.15, 0.2) is 0 Å². The number of carbonyl (C=O) groups excluding carboxylic acids is 1. The van der Waals surface area contributed by atoms with Gasteiger partial charge in [0.25, 0.3) is 0 Å². The second kappa shape index (κ2) is 3.07. The Labute approximate surface area is 104 Å². The summed E-state index contributed by atoms with van der Waals surface area (Å²) in [5.41, 5.74) is 0.711. The van der Waals surface area contributed by atoms with Crippen LogP contribution in [0.3, 0.4) is 0 Å². The molecule has 2 nitrogen and oxygen atoms in total. The highest BCUT2D eigenvalue weighted by Gasteiger charge is 2.69. The number of ether oxygens (including phenoxy) is 1. The number of fused-ring (bicyclic) bond motifs is 3. The van der Waals surface area contributed by atoms with Crippen LogP contribution in [0, 0.1) is 28.1 Å². The Morgan fingerprint density at radius 1 is 1.18 bits per heavy atom. The first-order chi connectivity index (χ1) is 7.82. The number of carbonyl (C=O) groups is 1. The van der Waals surface area contributed by atoms with Crippen molar-refractivity contribution < 1.29 is 9.53 Å². The van der Waals surface area contributed by atoms with E-state index in [-0.39, 0.29) is 22.7 Å². The molecule has 4 atom stereocenters. The third kappa shape index (κ3) is 1.15. The summed E-state index contributed by atoms with van der Waals surface area (Å²) >= 11 is 0. The molecule has 3 rings (SSSR count). The van der Waals surface area contributed by atoms with Crippen LogP contribution in [0.5, 0.6) is 0 Å². The molecular weight excluding hydrogens is 212 g/mol. The van der Waals surface area contributed by atoms with Gasteiger partial charge in [-0.2, -0.15) is 0 Å². The second-order valence-electron chi connectivity index (χ2n) is 7.57. The van der Waals surface area contributed by atoms with E-state index in [4.69, 9.17) is 4.74 Å². The molecule has 1 aliphatic heterocycles. The van der Waals surface area contributed by atoms with Crippen molar-refractivity contribution in [3.8, 4) is 0 Å². The van der Waals surface area contributed by atoms with Crippen molar-refractivity contribution in [3.05, 3.63) is 0 Å². The van der Waals surface area contributed by atoms with Crippen molar-refractivity contribution in [1.82, 2.24) is 0 Å². The molecule has 96 valence electrons. The Kier molecular flexibility index (Phi) is 2.09. The SMILES string of the molecule is CC1(C)CCC[C@]2(C)C[C@H]3COC(=O)[C@H]3[C@]12C. The van der Waals surface area contributed by atoms with Gasteiger partial charge >= 0.3 is 5.97 Å². The normalized spacial score (nSPS) is 51.9. The van der Waals surface area contributed by atoms with Crippen LogP contribution in [0.4, 0.5) is 0 Å². The van der Waals surface area contributed by atoms with Crippen LogP contribution < -0.4 is 0 Å². The van der Waals surface area contributed by atoms with Crippen molar-refractivity contribution in [2.45, 2.75) is 53.4 Å². The van der Waals surface area contributed by atoms with E-state index < -0.39 is 0 Å². The predicted octanol–water partition coefficient (Wildman–Crippen LogP) is 3.40. The molecule has 0 aromatic rings.